The van der Waals surface area contributed by atoms with E-state index in [1.54, 1.807) is 45.6 Å². The Bertz CT molecular complexity index is 2650. The summed E-state index contributed by atoms with van der Waals surface area (Å²) in [6.45, 7) is 2.12. The van der Waals surface area contributed by atoms with Gasteiger partial charge in [-0.3, -0.25) is 9.97 Å². The van der Waals surface area contributed by atoms with E-state index >= 15 is 0 Å². The fourth-order valence-electron chi connectivity index (χ4n) is 5.77. The molecule has 2 heterocycles. The second kappa shape index (κ2) is 24.6. The van der Waals surface area contributed by atoms with Crippen molar-refractivity contribution in [3.05, 3.63) is 100 Å². The molecule has 0 atom stereocenters. The van der Waals surface area contributed by atoms with Crippen LogP contribution in [0.3, 0.4) is 0 Å². The highest BCUT2D eigenvalue weighted by molar-refractivity contribution is 6.36. The van der Waals surface area contributed by atoms with Crippen molar-refractivity contribution < 1.29 is 58.4 Å². The van der Waals surface area contributed by atoms with E-state index in [4.69, 9.17) is 61.2 Å². The number of carboxylic acids is 2. The van der Waals surface area contributed by atoms with E-state index in [0.29, 0.717) is 93.9 Å². The lowest BCUT2D eigenvalue weighted by molar-refractivity contribution is 0.0683. The van der Waals surface area contributed by atoms with E-state index in [0.717, 1.165) is 6.42 Å². The van der Waals surface area contributed by atoms with Crippen molar-refractivity contribution in [1.29, 1.82) is 10.5 Å². The molecule has 0 radical (unpaired) electrons. The highest BCUT2D eigenvalue weighted by Crippen LogP contribution is 2.39. The molecule has 0 saturated heterocycles. The van der Waals surface area contributed by atoms with Crippen molar-refractivity contribution in [2.24, 2.45) is 0 Å². The Balaban J connectivity index is 0.000000284. The lowest BCUT2D eigenvalue weighted by Gasteiger charge is -2.16. The SMILES string of the molecule is C.COCCCOc1cc2ncc(C#N)c(Cl)c2cc1OC.COCCCOc1cc2ncc(C#N)c(Nc3cccc(O)c3C(=O)O)c2cc1OC.Nc1cccc(O)c1C(=O)O. The summed E-state index contributed by atoms with van der Waals surface area (Å²) in [7, 11) is 6.31. The molecule has 4 aromatic carbocycles. The third-order valence-corrected chi connectivity index (χ3v) is 9.19. The minimum absolute atomic E-state index is 0. The molecule has 6 rings (SSSR count). The number of anilines is 3. The number of hydrogen-bond acceptors (Lipinski definition) is 16. The predicted molar refractivity (Wildman–Crippen MR) is 240 cm³/mol. The smallest absolute Gasteiger partial charge is 0.341 e. The maximum Gasteiger partial charge on any atom is 0.341 e. The van der Waals surface area contributed by atoms with Crippen LogP contribution < -0.4 is 30.0 Å². The number of aromatic nitrogens is 2. The van der Waals surface area contributed by atoms with E-state index in [9.17, 15) is 25.1 Å². The normalized spacial score (nSPS) is 10.1. The zero-order valence-corrected chi connectivity index (χ0v) is 35.2. The molecule has 0 unspecified atom stereocenters. The van der Waals surface area contributed by atoms with Crippen molar-refractivity contribution >= 4 is 62.4 Å². The van der Waals surface area contributed by atoms with Crippen LogP contribution >= 0.6 is 11.6 Å². The van der Waals surface area contributed by atoms with E-state index in [2.05, 4.69) is 21.4 Å². The van der Waals surface area contributed by atoms with Crippen LogP contribution in [0.5, 0.6) is 34.5 Å². The second-order valence-corrected chi connectivity index (χ2v) is 13.2. The Kier molecular flexibility index (Phi) is 19.5. The first-order valence-electron chi connectivity index (χ1n) is 18.7. The molecule has 0 saturated carbocycles. The second-order valence-electron chi connectivity index (χ2n) is 12.9. The first-order valence-corrected chi connectivity index (χ1v) is 19.0. The standard InChI is InChI=1S/C22H21N3O6.C15H15ClN2O3.C7H7NO3.CH4/c1-29-7-4-8-31-19-10-16-14(9-18(19)30-2)21(13(11-23)12-24-16)25-15-5-3-6-17(26)20(15)22(27)28;1-19-4-3-5-21-14-7-12-11(6-13(14)20-2)15(16)10(8-17)9-18-12;8-4-2-1-3-5(9)6(4)7(10)11;/h3,5-6,9-10,12,26H,4,7-8H2,1-2H3,(H,24,25)(H,27,28);6-7,9H,3-5H2,1-2H3;1-3,9H,8H2,(H,10,11);1H4. The van der Waals surface area contributed by atoms with Gasteiger partial charge in [-0.2, -0.15) is 10.5 Å². The number of nitrogens with two attached hydrogens (primary N) is 1. The summed E-state index contributed by atoms with van der Waals surface area (Å²) in [6, 6.07) is 19.4. The number of nitrogen functional groups attached to an aromatic ring is 1. The van der Waals surface area contributed by atoms with Crippen LogP contribution in [0, 0.1) is 22.7 Å². The number of halogens is 1. The molecule has 0 aliphatic rings. The Hall–Kier alpha value is -7.77. The molecule has 0 fully saturated rings. The number of pyridine rings is 2. The summed E-state index contributed by atoms with van der Waals surface area (Å²) >= 11 is 6.19. The number of aromatic hydroxyl groups is 2. The number of carboxylic acid groups (broad SMARTS) is 2. The van der Waals surface area contributed by atoms with Gasteiger partial charge in [0.15, 0.2) is 23.0 Å². The Morgan fingerprint density at radius 2 is 1.19 bits per heavy atom. The van der Waals surface area contributed by atoms with Crippen molar-refractivity contribution in [1.82, 2.24) is 9.97 Å². The molecule has 0 aliphatic carbocycles. The van der Waals surface area contributed by atoms with Crippen LogP contribution in [0.1, 0.15) is 52.1 Å². The Morgan fingerprint density at radius 1 is 0.703 bits per heavy atom. The van der Waals surface area contributed by atoms with Crippen LogP contribution in [0.4, 0.5) is 17.1 Å². The number of ether oxygens (including phenoxy) is 6. The Morgan fingerprint density at radius 3 is 1.66 bits per heavy atom. The van der Waals surface area contributed by atoms with Gasteiger partial charge in [-0.1, -0.05) is 31.2 Å². The van der Waals surface area contributed by atoms with E-state index < -0.39 is 17.7 Å². The number of nitriles is 2. The van der Waals surface area contributed by atoms with Gasteiger partial charge in [-0.25, -0.2) is 9.59 Å². The molecule has 0 bridgehead atoms. The van der Waals surface area contributed by atoms with Gasteiger partial charge in [0, 0.05) is 81.3 Å². The average molecular weight is 899 g/mol. The molecule has 336 valence electrons. The van der Waals surface area contributed by atoms with Gasteiger partial charge in [0.2, 0.25) is 0 Å². The molecule has 64 heavy (non-hydrogen) atoms. The van der Waals surface area contributed by atoms with Gasteiger partial charge in [0.25, 0.3) is 0 Å². The van der Waals surface area contributed by atoms with Gasteiger partial charge in [0.05, 0.1) is 66.0 Å². The van der Waals surface area contributed by atoms with Crippen LogP contribution in [-0.2, 0) is 9.47 Å². The van der Waals surface area contributed by atoms with E-state index in [1.807, 2.05) is 6.07 Å². The lowest BCUT2D eigenvalue weighted by atomic mass is 10.1. The summed E-state index contributed by atoms with van der Waals surface area (Å²) < 4.78 is 32.2. The molecule has 19 heteroatoms. The molecule has 7 N–H and O–H groups in total. The molecular formula is C45H47ClN6O12. The van der Waals surface area contributed by atoms with Gasteiger partial charge >= 0.3 is 11.9 Å². The van der Waals surface area contributed by atoms with Crippen LogP contribution in [0.2, 0.25) is 5.02 Å². The molecule has 2 aromatic heterocycles. The fourth-order valence-corrected chi connectivity index (χ4v) is 6.02. The number of nitrogens with one attached hydrogen (secondary N) is 1. The minimum atomic E-state index is -1.30. The minimum Gasteiger partial charge on any atom is -0.507 e. The Labute approximate surface area is 373 Å². The van der Waals surface area contributed by atoms with Crippen LogP contribution in [0.25, 0.3) is 21.8 Å². The van der Waals surface area contributed by atoms with Gasteiger partial charge in [0.1, 0.15) is 34.8 Å². The summed E-state index contributed by atoms with van der Waals surface area (Å²) in [5, 5.41) is 60.1. The van der Waals surface area contributed by atoms with Gasteiger partial charge in [-0.15, -0.1) is 0 Å². The highest BCUT2D eigenvalue weighted by atomic mass is 35.5. The summed E-state index contributed by atoms with van der Waals surface area (Å²) in [5.41, 5.74) is 6.97. The van der Waals surface area contributed by atoms with Gasteiger partial charge in [-0.05, 0) is 36.4 Å². The number of nitrogens with zero attached hydrogens (tertiary/aromatic N) is 4. The van der Waals surface area contributed by atoms with Crippen molar-refractivity contribution in [3.8, 4) is 46.6 Å². The number of carbonyl (C=O) groups is 2. The fraction of sp³-hybridized carbons (Fsp3) is 0.244. The topological polar surface area (TPSA) is 282 Å². The number of rotatable bonds is 16. The quantitative estimate of drug-likeness (QED) is 0.0394. The van der Waals surface area contributed by atoms with Crippen molar-refractivity contribution in [3.63, 3.8) is 0 Å². The number of fused-ring (bicyclic) bond motifs is 2. The third kappa shape index (κ3) is 12.6. The van der Waals surface area contributed by atoms with Crippen LogP contribution in [-0.4, -0.2) is 97.2 Å². The predicted octanol–water partition coefficient (Wildman–Crippen LogP) is 8.17. The highest BCUT2D eigenvalue weighted by Gasteiger charge is 2.20. The maximum atomic E-state index is 11.6. The number of aromatic carboxylic acids is 2. The van der Waals surface area contributed by atoms with Gasteiger partial charge < -0.3 is 59.9 Å². The largest absolute Gasteiger partial charge is 0.507 e. The monoisotopic (exact) mass is 898 g/mol. The van der Waals surface area contributed by atoms with E-state index in [-0.39, 0.29) is 41.2 Å². The number of methoxy groups -OCH3 is 4. The number of benzene rings is 4. The molecule has 0 spiro atoms. The van der Waals surface area contributed by atoms with Crippen LogP contribution in [0.15, 0.2) is 73.1 Å². The zero-order valence-electron chi connectivity index (χ0n) is 34.5. The molecular weight excluding hydrogens is 852 g/mol. The van der Waals surface area contributed by atoms with Crippen molar-refractivity contribution in [2.45, 2.75) is 20.3 Å². The summed E-state index contributed by atoms with van der Waals surface area (Å²) in [5.74, 6) is -1.16. The zero-order chi connectivity index (χ0) is 46.1. The van der Waals surface area contributed by atoms with Crippen molar-refractivity contribution in [2.75, 3.05) is 65.9 Å². The van der Waals surface area contributed by atoms with E-state index in [1.165, 1.54) is 55.9 Å². The summed E-state index contributed by atoms with van der Waals surface area (Å²) in [6.07, 6.45) is 4.31. The average Bonchev–Trinajstić information content (AvgIpc) is 3.26. The molecule has 0 amide bonds. The first kappa shape index (κ1) is 50.6. The first-order chi connectivity index (χ1) is 30.3. The number of phenols is 2. The molecule has 18 nitrogen and oxygen atoms in total. The third-order valence-electron chi connectivity index (χ3n) is 8.79. The summed E-state index contributed by atoms with van der Waals surface area (Å²) in [4.78, 5) is 30.6. The molecule has 0 aliphatic heterocycles. The maximum absolute atomic E-state index is 11.6. The lowest BCUT2D eigenvalue weighted by Crippen LogP contribution is -2.05. The number of hydrogen-bond donors (Lipinski definition) is 6. The molecule has 6 aromatic rings.